The number of nitrogens with one attached hydrogen (secondary N) is 2. The number of carbonyl (C=O) groups is 1. The Morgan fingerprint density at radius 2 is 1.97 bits per heavy atom. The van der Waals surface area contributed by atoms with E-state index in [4.69, 9.17) is 4.42 Å². The zero-order valence-corrected chi connectivity index (χ0v) is 17.8. The topological polar surface area (TPSA) is 80.0 Å². The van der Waals surface area contributed by atoms with Crippen LogP contribution in [0.15, 0.2) is 65.5 Å². The first kappa shape index (κ1) is 19.8. The van der Waals surface area contributed by atoms with E-state index >= 15 is 0 Å². The van der Waals surface area contributed by atoms with Gasteiger partial charge in [-0.05, 0) is 62.2 Å². The molecular weight excluding hydrogens is 396 g/mol. The highest BCUT2D eigenvalue weighted by molar-refractivity contribution is 7.16. The second-order valence-electron chi connectivity index (χ2n) is 6.99. The lowest BCUT2D eigenvalue weighted by atomic mass is 9.97. The fraction of sp³-hybridized carbons (Fsp3) is 0.174. The second kappa shape index (κ2) is 8.51. The van der Waals surface area contributed by atoms with Crippen molar-refractivity contribution >= 4 is 28.1 Å². The first-order chi connectivity index (χ1) is 14.5. The summed E-state index contributed by atoms with van der Waals surface area (Å²) in [6.45, 7) is 6.08. The van der Waals surface area contributed by atoms with E-state index in [1.807, 2.05) is 43.5 Å². The van der Waals surface area contributed by atoms with Crippen molar-refractivity contribution in [1.82, 2.24) is 9.97 Å². The monoisotopic (exact) mass is 418 g/mol. The lowest BCUT2D eigenvalue weighted by Gasteiger charge is -2.22. The number of pyridine rings is 2. The number of aryl methyl sites for hydroxylation is 2. The minimum atomic E-state index is -0.277. The highest BCUT2D eigenvalue weighted by atomic mass is 32.1. The highest BCUT2D eigenvalue weighted by Crippen LogP contribution is 2.40. The van der Waals surface area contributed by atoms with Gasteiger partial charge in [0.15, 0.2) is 5.76 Å². The number of nitrogens with zero attached hydrogens (tertiary/aromatic N) is 2. The minimum Gasteiger partial charge on any atom is -0.459 e. The predicted octanol–water partition coefficient (Wildman–Crippen LogP) is 5.51. The number of hydrogen-bond donors (Lipinski definition) is 2. The Hall–Kier alpha value is -3.45. The summed E-state index contributed by atoms with van der Waals surface area (Å²) in [5, 5.41) is 7.34. The van der Waals surface area contributed by atoms with E-state index in [0.29, 0.717) is 0 Å². The molecule has 30 heavy (non-hydrogen) atoms. The summed E-state index contributed by atoms with van der Waals surface area (Å²) in [5.74, 6) is 0.757. The molecule has 2 N–H and O–H groups in total. The van der Waals surface area contributed by atoms with Gasteiger partial charge >= 0.3 is 0 Å². The van der Waals surface area contributed by atoms with Gasteiger partial charge in [0.05, 0.1) is 12.3 Å². The molecular formula is C23H22N4O2S. The third kappa shape index (κ3) is 4.11. The van der Waals surface area contributed by atoms with Gasteiger partial charge in [0, 0.05) is 28.5 Å². The Morgan fingerprint density at radius 3 is 2.67 bits per heavy atom. The van der Waals surface area contributed by atoms with E-state index in [2.05, 4.69) is 34.4 Å². The number of hydrogen-bond acceptors (Lipinski definition) is 6. The van der Waals surface area contributed by atoms with Crippen molar-refractivity contribution in [1.29, 1.82) is 0 Å². The van der Waals surface area contributed by atoms with Crippen LogP contribution in [0.25, 0.3) is 0 Å². The molecule has 7 heteroatoms. The number of furan rings is 1. The molecule has 0 saturated carbocycles. The third-order valence-electron chi connectivity index (χ3n) is 4.89. The zero-order valence-electron chi connectivity index (χ0n) is 17.0. The Morgan fingerprint density at radius 1 is 1.10 bits per heavy atom. The van der Waals surface area contributed by atoms with Crippen molar-refractivity contribution < 1.29 is 9.21 Å². The van der Waals surface area contributed by atoms with Crippen molar-refractivity contribution in [3.63, 3.8) is 0 Å². The van der Waals surface area contributed by atoms with E-state index in [-0.39, 0.29) is 17.7 Å². The van der Waals surface area contributed by atoms with Crippen molar-refractivity contribution in [2.75, 3.05) is 10.6 Å². The summed E-state index contributed by atoms with van der Waals surface area (Å²) < 4.78 is 5.26. The minimum absolute atomic E-state index is 0.232. The molecule has 0 spiro atoms. The average Bonchev–Trinajstić information content (AvgIpc) is 3.37. The van der Waals surface area contributed by atoms with Crippen LogP contribution >= 0.6 is 11.3 Å². The van der Waals surface area contributed by atoms with Crippen LogP contribution in [0.5, 0.6) is 0 Å². The van der Waals surface area contributed by atoms with Crippen LogP contribution in [-0.2, 0) is 0 Å². The molecule has 152 valence electrons. The van der Waals surface area contributed by atoms with Crippen molar-refractivity contribution in [2.45, 2.75) is 26.8 Å². The molecule has 4 aromatic rings. The number of thiophene rings is 1. The standard InChI is InChI=1S/C23H22N4O2S/c1-14-7-4-10-19(25-14)26-21(17-8-5-11-24-13-17)20-15(2)16(3)30-23(20)27-22(28)18-9-6-12-29-18/h4-13,21H,1-3H3,(H,25,26)(H,27,28)/t21-/m1/s1. The molecule has 1 amide bonds. The Labute approximate surface area is 179 Å². The second-order valence-corrected chi connectivity index (χ2v) is 8.21. The average molecular weight is 419 g/mol. The van der Waals surface area contributed by atoms with E-state index in [0.717, 1.165) is 38.1 Å². The van der Waals surface area contributed by atoms with E-state index < -0.39 is 0 Å². The summed E-state index contributed by atoms with van der Waals surface area (Å²) >= 11 is 1.55. The maximum absolute atomic E-state index is 12.7. The molecule has 1 atom stereocenters. The first-order valence-electron chi connectivity index (χ1n) is 9.58. The largest absolute Gasteiger partial charge is 0.459 e. The number of aromatic nitrogens is 2. The van der Waals surface area contributed by atoms with Gasteiger partial charge < -0.3 is 15.1 Å². The summed E-state index contributed by atoms with van der Waals surface area (Å²) in [6, 6.07) is 12.9. The van der Waals surface area contributed by atoms with Crippen LogP contribution in [0.3, 0.4) is 0 Å². The van der Waals surface area contributed by atoms with Gasteiger partial charge in [-0.2, -0.15) is 0 Å². The Bertz CT molecular complexity index is 1150. The molecule has 0 aliphatic carbocycles. The maximum Gasteiger partial charge on any atom is 0.291 e. The maximum atomic E-state index is 12.7. The van der Waals surface area contributed by atoms with Crippen LogP contribution in [0.2, 0.25) is 0 Å². The first-order valence-corrected chi connectivity index (χ1v) is 10.4. The van der Waals surface area contributed by atoms with Gasteiger partial charge in [-0.15, -0.1) is 11.3 Å². The van der Waals surface area contributed by atoms with Gasteiger partial charge in [0.1, 0.15) is 10.8 Å². The van der Waals surface area contributed by atoms with Crippen LogP contribution < -0.4 is 10.6 Å². The van der Waals surface area contributed by atoms with Crippen molar-refractivity contribution in [3.05, 3.63) is 94.1 Å². The van der Waals surface area contributed by atoms with Crippen LogP contribution in [0.1, 0.15) is 43.9 Å². The summed E-state index contributed by atoms with van der Waals surface area (Å²) in [7, 11) is 0. The lowest BCUT2D eigenvalue weighted by Crippen LogP contribution is -2.18. The highest BCUT2D eigenvalue weighted by Gasteiger charge is 2.25. The van der Waals surface area contributed by atoms with Gasteiger partial charge in [-0.3, -0.25) is 9.78 Å². The smallest absolute Gasteiger partial charge is 0.291 e. The van der Waals surface area contributed by atoms with Crippen molar-refractivity contribution in [3.8, 4) is 0 Å². The predicted molar refractivity (Wildman–Crippen MR) is 119 cm³/mol. The zero-order chi connectivity index (χ0) is 21.1. The quantitative estimate of drug-likeness (QED) is 0.432. The Kier molecular flexibility index (Phi) is 5.63. The summed E-state index contributed by atoms with van der Waals surface area (Å²) in [5.41, 5.74) is 4.02. The van der Waals surface area contributed by atoms with Gasteiger partial charge in [-0.25, -0.2) is 4.98 Å². The molecule has 6 nitrogen and oxygen atoms in total. The van der Waals surface area contributed by atoms with Crippen LogP contribution in [0.4, 0.5) is 10.8 Å². The molecule has 0 bridgehead atoms. The molecule has 0 unspecified atom stereocenters. The fourth-order valence-electron chi connectivity index (χ4n) is 3.30. The molecule has 0 fully saturated rings. The number of amides is 1. The Balaban J connectivity index is 1.77. The van der Waals surface area contributed by atoms with E-state index in [1.54, 1.807) is 29.7 Å². The molecule has 4 aromatic heterocycles. The molecule has 0 aliphatic rings. The van der Waals surface area contributed by atoms with Gasteiger partial charge in [-0.1, -0.05) is 12.1 Å². The lowest BCUT2D eigenvalue weighted by molar-refractivity contribution is 0.0997. The number of rotatable bonds is 6. The van der Waals surface area contributed by atoms with E-state index in [9.17, 15) is 4.79 Å². The molecule has 0 radical (unpaired) electrons. The molecule has 0 aliphatic heterocycles. The van der Waals surface area contributed by atoms with Crippen LogP contribution in [0, 0.1) is 20.8 Å². The van der Waals surface area contributed by atoms with Crippen molar-refractivity contribution in [2.24, 2.45) is 0 Å². The van der Waals surface area contributed by atoms with Gasteiger partial charge in [0.2, 0.25) is 0 Å². The van der Waals surface area contributed by atoms with Crippen LogP contribution in [-0.4, -0.2) is 15.9 Å². The molecule has 0 saturated heterocycles. The normalized spacial score (nSPS) is 11.8. The number of anilines is 2. The molecule has 4 rings (SSSR count). The molecule has 4 heterocycles. The fourth-order valence-corrected chi connectivity index (χ4v) is 4.39. The van der Waals surface area contributed by atoms with Gasteiger partial charge in [0.25, 0.3) is 5.91 Å². The summed E-state index contributed by atoms with van der Waals surface area (Å²) in [4.78, 5) is 22.7. The summed E-state index contributed by atoms with van der Waals surface area (Å²) in [6.07, 6.45) is 5.07. The number of carbonyl (C=O) groups excluding carboxylic acids is 1. The molecule has 0 aromatic carbocycles. The SMILES string of the molecule is Cc1cccc(N[C@H](c2cccnc2)c2c(NC(=O)c3ccco3)sc(C)c2C)n1. The third-order valence-corrected chi connectivity index (χ3v) is 6.03. The van der Waals surface area contributed by atoms with E-state index in [1.165, 1.54) is 6.26 Å².